The fourth-order valence-corrected chi connectivity index (χ4v) is 2.47. The number of nitro benzene ring substituents is 1. The fraction of sp³-hybridized carbons (Fsp3) is 0.462. The van der Waals surface area contributed by atoms with Crippen LogP contribution in [0.25, 0.3) is 0 Å². The highest BCUT2D eigenvalue weighted by Crippen LogP contribution is 2.34. The molecule has 6 nitrogen and oxygen atoms in total. The first-order valence-electron chi connectivity index (χ1n) is 6.21. The Morgan fingerprint density at radius 3 is 2.89 bits per heavy atom. The summed E-state index contributed by atoms with van der Waals surface area (Å²) in [6.45, 7) is 2.04. The highest BCUT2D eigenvalue weighted by atomic mass is 16.6. The van der Waals surface area contributed by atoms with Crippen LogP contribution >= 0.6 is 0 Å². The van der Waals surface area contributed by atoms with E-state index in [-0.39, 0.29) is 24.1 Å². The maximum absolute atomic E-state index is 11.3. The third kappa shape index (κ3) is 2.58. The van der Waals surface area contributed by atoms with Gasteiger partial charge in [-0.2, -0.15) is 0 Å². The van der Waals surface area contributed by atoms with Gasteiger partial charge in [0.25, 0.3) is 5.69 Å². The molecule has 0 aromatic heterocycles. The molecule has 0 amide bonds. The fourth-order valence-electron chi connectivity index (χ4n) is 2.47. The van der Waals surface area contributed by atoms with E-state index in [0.717, 1.165) is 12.8 Å². The number of nitrogens with zero attached hydrogens (tertiary/aromatic N) is 2. The summed E-state index contributed by atoms with van der Waals surface area (Å²) in [5, 5.41) is 20.5. The average molecular weight is 264 g/mol. The predicted octanol–water partition coefficient (Wildman–Crippen LogP) is 1.76. The Balaban J connectivity index is 2.45. The molecule has 1 aliphatic heterocycles. The van der Waals surface area contributed by atoms with E-state index in [1.165, 1.54) is 13.0 Å². The molecule has 0 unspecified atom stereocenters. The molecule has 1 fully saturated rings. The average Bonchev–Trinajstić information content (AvgIpc) is 2.85. The molecule has 1 saturated heterocycles. The third-order valence-corrected chi connectivity index (χ3v) is 3.48. The lowest BCUT2D eigenvalue weighted by Gasteiger charge is -2.25. The molecule has 0 saturated carbocycles. The van der Waals surface area contributed by atoms with Crippen LogP contribution in [0.2, 0.25) is 0 Å². The van der Waals surface area contributed by atoms with E-state index in [4.69, 9.17) is 0 Å². The van der Waals surface area contributed by atoms with Crippen LogP contribution in [0.4, 0.5) is 11.4 Å². The molecule has 1 aromatic carbocycles. The molecule has 0 spiro atoms. The van der Waals surface area contributed by atoms with Gasteiger partial charge in [-0.05, 0) is 31.9 Å². The van der Waals surface area contributed by atoms with Gasteiger partial charge in [0.05, 0.1) is 17.6 Å². The van der Waals surface area contributed by atoms with Crippen molar-refractivity contribution in [2.24, 2.45) is 0 Å². The molecule has 0 aliphatic carbocycles. The van der Waals surface area contributed by atoms with Gasteiger partial charge in [0, 0.05) is 18.2 Å². The maximum Gasteiger partial charge on any atom is 0.293 e. The lowest BCUT2D eigenvalue weighted by molar-refractivity contribution is -0.384. The van der Waals surface area contributed by atoms with Crippen LogP contribution in [0.1, 0.15) is 30.1 Å². The zero-order chi connectivity index (χ0) is 14.0. The van der Waals surface area contributed by atoms with Crippen molar-refractivity contribution in [3.8, 4) is 0 Å². The molecule has 1 aliphatic rings. The van der Waals surface area contributed by atoms with Crippen LogP contribution in [0.3, 0.4) is 0 Å². The number of Topliss-reactive ketones (excluding diaryl/α,β-unsaturated/α-hetero) is 1. The minimum absolute atomic E-state index is 0.0222. The molecule has 1 atom stereocenters. The number of ketones is 1. The van der Waals surface area contributed by atoms with Crippen molar-refractivity contribution in [2.45, 2.75) is 25.8 Å². The number of aliphatic hydroxyl groups is 1. The van der Waals surface area contributed by atoms with Gasteiger partial charge in [-0.15, -0.1) is 0 Å². The van der Waals surface area contributed by atoms with Crippen LogP contribution in [0.5, 0.6) is 0 Å². The molecular formula is C13H16N2O4. The number of carbonyl (C=O) groups excluding carboxylic acids is 1. The standard InChI is InChI=1S/C13H16N2O4/c1-9(17)10-4-5-12(13(7-10)15(18)19)14-6-2-3-11(14)8-16/h4-5,7,11,16H,2-3,6,8H2,1H3/t11-/m0/s1. The zero-order valence-corrected chi connectivity index (χ0v) is 10.7. The quantitative estimate of drug-likeness (QED) is 0.509. The van der Waals surface area contributed by atoms with E-state index in [9.17, 15) is 20.0 Å². The Labute approximate surface area is 110 Å². The molecule has 19 heavy (non-hydrogen) atoms. The second-order valence-electron chi connectivity index (χ2n) is 4.69. The van der Waals surface area contributed by atoms with Crippen LogP contribution in [-0.4, -0.2) is 35.0 Å². The van der Waals surface area contributed by atoms with E-state index < -0.39 is 4.92 Å². The number of anilines is 1. The first-order chi connectivity index (χ1) is 9.04. The van der Waals surface area contributed by atoms with E-state index in [0.29, 0.717) is 17.8 Å². The van der Waals surface area contributed by atoms with E-state index >= 15 is 0 Å². The summed E-state index contributed by atoms with van der Waals surface area (Å²) >= 11 is 0. The Kier molecular flexibility index (Phi) is 3.80. The maximum atomic E-state index is 11.3. The largest absolute Gasteiger partial charge is 0.394 e. The molecule has 0 radical (unpaired) electrons. The minimum Gasteiger partial charge on any atom is -0.394 e. The lowest BCUT2D eigenvalue weighted by Crippen LogP contribution is -2.32. The van der Waals surface area contributed by atoms with Gasteiger partial charge >= 0.3 is 0 Å². The summed E-state index contributed by atoms with van der Waals surface area (Å²) in [5.41, 5.74) is 0.731. The zero-order valence-electron chi connectivity index (χ0n) is 10.7. The van der Waals surface area contributed by atoms with Crippen LogP contribution in [-0.2, 0) is 0 Å². The molecule has 6 heteroatoms. The van der Waals surface area contributed by atoms with Gasteiger partial charge in [-0.3, -0.25) is 14.9 Å². The Hall–Kier alpha value is -1.95. The van der Waals surface area contributed by atoms with Gasteiger partial charge in [-0.1, -0.05) is 0 Å². The number of rotatable bonds is 4. The van der Waals surface area contributed by atoms with E-state index in [2.05, 4.69) is 0 Å². The van der Waals surface area contributed by atoms with Crippen LogP contribution in [0, 0.1) is 10.1 Å². The number of hydrogen-bond acceptors (Lipinski definition) is 5. The van der Waals surface area contributed by atoms with Crippen molar-refractivity contribution in [1.29, 1.82) is 0 Å². The second kappa shape index (κ2) is 5.36. The van der Waals surface area contributed by atoms with Gasteiger partial charge < -0.3 is 10.0 Å². The molecular weight excluding hydrogens is 248 g/mol. The predicted molar refractivity (Wildman–Crippen MR) is 70.6 cm³/mol. The lowest BCUT2D eigenvalue weighted by atomic mass is 10.1. The van der Waals surface area contributed by atoms with Gasteiger partial charge in [0.15, 0.2) is 5.78 Å². The van der Waals surface area contributed by atoms with Crippen LogP contribution in [0.15, 0.2) is 18.2 Å². The summed E-state index contributed by atoms with van der Waals surface area (Å²) in [5.74, 6) is -0.199. The number of carbonyl (C=O) groups is 1. The summed E-state index contributed by atoms with van der Waals surface area (Å²) in [4.78, 5) is 23.8. The van der Waals surface area contributed by atoms with Crippen molar-refractivity contribution in [3.05, 3.63) is 33.9 Å². The number of hydrogen-bond donors (Lipinski definition) is 1. The summed E-state index contributed by atoms with van der Waals surface area (Å²) in [6.07, 6.45) is 1.72. The van der Waals surface area contributed by atoms with Crippen molar-refractivity contribution in [1.82, 2.24) is 0 Å². The monoisotopic (exact) mass is 264 g/mol. The summed E-state index contributed by atoms with van der Waals surface area (Å²) < 4.78 is 0. The number of aliphatic hydroxyl groups excluding tert-OH is 1. The molecule has 102 valence electrons. The van der Waals surface area contributed by atoms with Gasteiger partial charge in [0.2, 0.25) is 0 Å². The third-order valence-electron chi connectivity index (χ3n) is 3.48. The molecule has 0 bridgehead atoms. The molecule has 1 N–H and O–H groups in total. The Morgan fingerprint density at radius 1 is 1.58 bits per heavy atom. The highest BCUT2D eigenvalue weighted by molar-refractivity contribution is 5.95. The first kappa shape index (κ1) is 13.5. The molecule has 2 rings (SSSR count). The Morgan fingerprint density at radius 2 is 2.32 bits per heavy atom. The normalized spacial score (nSPS) is 18.6. The summed E-state index contributed by atoms with van der Waals surface area (Å²) in [7, 11) is 0. The van der Waals surface area contributed by atoms with E-state index in [1.54, 1.807) is 12.1 Å². The minimum atomic E-state index is -0.478. The molecule has 1 heterocycles. The molecule has 1 aromatic rings. The van der Waals surface area contributed by atoms with Gasteiger partial charge in [0.1, 0.15) is 5.69 Å². The van der Waals surface area contributed by atoms with Crippen molar-refractivity contribution >= 4 is 17.2 Å². The number of benzene rings is 1. The SMILES string of the molecule is CC(=O)c1ccc(N2CCC[C@H]2CO)c([N+](=O)[O-])c1. The smallest absolute Gasteiger partial charge is 0.293 e. The Bertz CT molecular complexity index is 515. The van der Waals surface area contributed by atoms with Crippen LogP contribution < -0.4 is 4.90 Å². The second-order valence-corrected chi connectivity index (χ2v) is 4.69. The van der Waals surface area contributed by atoms with E-state index in [1.807, 2.05) is 4.90 Å². The van der Waals surface area contributed by atoms with Crippen molar-refractivity contribution < 1.29 is 14.8 Å². The van der Waals surface area contributed by atoms with Crippen molar-refractivity contribution in [3.63, 3.8) is 0 Å². The number of nitro groups is 1. The highest BCUT2D eigenvalue weighted by Gasteiger charge is 2.29. The summed E-state index contributed by atoms with van der Waals surface area (Å²) in [6, 6.07) is 4.42. The first-order valence-corrected chi connectivity index (χ1v) is 6.21. The topological polar surface area (TPSA) is 83.7 Å². The van der Waals surface area contributed by atoms with Crippen molar-refractivity contribution in [2.75, 3.05) is 18.1 Å². The van der Waals surface area contributed by atoms with Gasteiger partial charge in [-0.25, -0.2) is 0 Å².